The zero-order valence-corrected chi connectivity index (χ0v) is 19.8. The number of hydrogen-bond donors (Lipinski definition) is 1. The van der Waals surface area contributed by atoms with Crippen LogP contribution in [0, 0.1) is 0 Å². The number of rotatable bonds is 9. The number of carbonyl (C=O) groups is 2. The van der Waals surface area contributed by atoms with Gasteiger partial charge in [-0.2, -0.15) is 39.5 Å². The molecule has 0 fully saturated rings. The third kappa shape index (κ3) is 16.5. The molecule has 0 aromatic heterocycles. The summed E-state index contributed by atoms with van der Waals surface area (Å²) in [5.74, 6) is -3.42. The number of halogens is 9. The fraction of sp³-hybridized carbons (Fsp3) is 0.417. The van der Waals surface area contributed by atoms with E-state index in [0.29, 0.717) is 17.0 Å². The summed E-state index contributed by atoms with van der Waals surface area (Å²) in [6.07, 6.45) is -15.7. The molecule has 2 aromatic carbocycles. The number of esters is 1. The Morgan fingerprint density at radius 1 is 0.711 bits per heavy atom. The van der Waals surface area contributed by atoms with Gasteiger partial charge in [-0.3, -0.25) is 4.79 Å². The summed E-state index contributed by atoms with van der Waals surface area (Å²) in [7, 11) is 0. The minimum Gasteiger partial charge on any atom is -0.449 e. The van der Waals surface area contributed by atoms with E-state index in [1.807, 2.05) is 30.3 Å². The Kier molecular flexibility index (Phi) is 13.1. The van der Waals surface area contributed by atoms with Crippen LogP contribution in [0.2, 0.25) is 0 Å². The van der Waals surface area contributed by atoms with Crippen LogP contribution in [0.3, 0.4) is 0 Å². The van der Waals surface area contributed by atoms with E-state index in [0.717, 1.165) is 5.56 Å². The van der Waals surface area contributed by atoms with E-state index >= 15 is 0 Å². The van der Waals surface area contributed by atoms with E-state index in [9.17, 15) is 49.1 Å². The van der Waals surface area contributed by atoms with E-state index in [1.54, 1.807) is 18.2 Å². The summed E-state index contributed by atoms with van der Waals surface area (Å²) in [6.45, 7) is -2.78. The number of nitrogens with zero attached hydrogens (tertiary/aromatic N) is 1. The average Bonchev–Trinajstić information content (AvgIpc) is 2.82. The first-order valence-electron chi connectivity index (χ1n) is 11.0. The molecule has 1 N–H and O–H groups in total. The molecule has 212 valence electrons. The van der Waals surface area contributed by atoms with Crippen molar-refractivity contribution in [1.82, 2.24) is 10.2 Å². The molecule has 0 heterocycles. The van der Waals surface area contributed by atoms with Gasteiger partial charge in [0.1, 0.15) is 0 Å². The summed E-state index contributed by atoms with van der Waals surface area (Å²) >= 11 is 0. The van der Waals surface area contributed by atoms with Gasteiger partial charge in [0.15, 0.2) is 6.61 Å². The lowest BCUT2D eigenvalue weighted by atomic mass is 10.2. The van der Waals surface area contributed by atoms with E-state index < -0.39 is 56.4 Å². The standard InChI is InChI=1S/C14H13F6NO3.C10H12F3N/c15-13(16,17)6-7-21(8-10-4-2-1-3-5-10)11(22)12(23)24-9-14(18,19)20;11-10(12,13)6-7-14-8-9-4-2-1-3-5-9/h1-5H,6-9H2;1-5,14H,6-8H2. The predicted octanol–water partition coefficient (Wildman–Crippen LogP) is 5.80. The molecule has 0 aliphatic carbocycles. The van der Waals surface area contributed by atoms with Crippen LogP contribution in [0.5, 0.6) is 0 Å². The third-order valence-electron chi connectivity index (χ3n) is 4.47. The quantitative estimate of drug-likeness (QED) is 0.182. The molecule has 2 aromatic rings. The van der Waals surface area contributed by atoms with Crippen LogP contribution in [-0.4, -0.2) is 55.0 Å². The van der Waals surface area contributed by atoms with Crippen LogP contribution in [-0.2, 0) is 27.4 Å². The zero-order valence-electron chi connectivity index (χ0n) is 19.8. The van der Waals surface area contributed by atoms with E-state index in [-0.39, 0.29) is 13.1 Å². The van der Waals surface area contributed by atoms with Gasteiger partial charge < -0.3 is 15.0 Å². The van der Waals surface area contributed by atoms with Gasteiger partial charge in [0.05, 0.1) is 12.8 Å². The molecular formula is C24H25F9N2O3. The first kappa shape index (κ1) is 32.7. The van der Waals surface area contributed by atoms with Crippen molar-refractivity contribution < 1.29 is 53.8 Å². The highest BCUT2D eigenvalue weighted by atomic mass is 19.4. The van der Waals surface area contributed by atoms with Crippen LogP contribution in [0.15, 0.2) is 60.7 Å². The Morgan fingerprint density at radius 2 is 1.21 bits per heavy atom. The number of benzene rings is 2. The van der Waals surface area contributed by atoms with Crippen LogP contribution < -0.4 is 5.32 Å². The second-order valence-electron chi connectivity index (χ2n) is 7.80. The Morgan fingerprint density at radius 3 is 1.68 bits per heavy atom. The number of alkyl halides is 9. The van der Waals surface area contributed by atoms with Gasteiger partial charge in [0.25, 0.3) is 0 Å². The largest absolute Gasteiger partial charge is 0.449 e. The second kappa shape index (κ2) is 15.2. The van der Waals surface area contributed by atoms with Gasteiger partial charge >= 0.3 is 30.4 Å². The van der Waals surface area contributed by atoms with Gasteiger partial charge in [-0.05, 0) is 11.1 Å². The van der Waals surface area contributed by atoms with E-state index in [4.69, 9.17) is 0 Å². The highest BCUT2D eigenvalue weighted by molar-refractivity contribution is 6.32. The number of nitrogens with one attached hydrogen (secondary N) is 1. The lowest BCUT2D eigenvalue weighted by Gasteiger charge is -2.22. The van der Waals surface area contributed by atoms with Crippen LogP contribution in [0.4, 0.5) is 39.5 Å². The first-order valence-corrected chi connectivity index (χ1v) is 11.0. The normalized spacial score (nSPS) is 11.8. The molecule has 0 bridgehead atoms. The maximum atomic E-state index is 12.3. The van der Waals surface area contributed by atoms with Crippen LogP contribution >= 0.6 is 0 Å². The molecule has 0 atom stereocenters. The van der Waals surface area contributed by atoms with Crippen molar-refractivity contribution in [2.24, 2.45) is 0 Å². The average molecular weight is 560 g/mol. The molecule has 2 rings (SSSR count). The predicted molar refractivity (Wildman–Crippen MR) is 118 cm³/mol. The fourth-order valence-corrected chi connectivity index (χ4v) is 2.71. The number of amides is 1. The van der Waals surface area contributed by atoms with Gasteiger partial charge in [-0.25, -0.2) is 4.79 Å². The molecular weight excluding hydrogens is 535 g/mol. The molecule has 14 heteroatoms. The molecule has 0 aliphatic rings. The van der Waals surface area contributed by atoms with Crippen molar-refractivity contribution in [1.29, 1.82) is 0 Å². The smallest absolute Gasteiger partial charge is 0.422 e. The lowest BCUT2D eigenvalue weighted by molar-refractivity contribution is -0.190. The summed E-state index contributed by atoms with van der Waals surface area (Å²) in [6, 6.07) is 17.1. The van der Waals surface area contributed by atoms with E-state index in [2.05, 4.69) is 10.1 Å². The Labute approximate surface area is 212 Å². The maximum Gasteiger partial charge on any atom is 0.422 e. The van der Waals surface area contributed by atoms with Gasteiger partial charge in [0, 0.05) is 26.2 Å². The molecule has 0 saturated heterocycles. The minimum atomic E-state index is -4.84. The third-order valence-corrected chi connectivity index (χ3v) is 4.47. The monoisotopic (exact) mass is 560 g/mol. The van der Waals surface area contributed by atoms with Gasteiger partial charge in [0.2, 0.25) is 0 Å². The molecule has 0 spiro atoms. The van der Waals surface area contributed by atoms with Crippen molar-refractivity contribution in [2.75, 3.05) is 19.7 Å². The highest BCUT2D eigenvalue weighted by Gasteiger charge is 2.34. The lowest BCUT2D eigenvalue weighted by Crippen LogP contribution is -2.40. The van der Waals surface area contributed by atoms with Gasteiger partial charge in [-0.1, -0.05) is 60.7 Å². The summed E-state index contributed by atoms with van der Waals surface area (Å²) in [5, 5.41) is 2.74. The number of carbonyl (C=O) groups excluding carboxylic acids is 2. The zero-order chi connectivity index (χ0) is 28.8. The maximum absolute atomic E-state index is 12.3. The summed E-state index contributed by atoms with van der Waals surface area (Å²) < 4.78 is 112. The van der Waals surface area contributed by atoms with Gasteiger partial charge in [-0.15, -0.1) is 0 Å². The summed E-state index contributed by atoms with van der Waals surface area (Å²) in [5.41, 5.74) is 1.41. The molecule has 0 saturated carbocycles. The highest BCUT2D eigenvalue weighted by Crippen LogP contribution is 2.21. The molecule has 1 amide bonds. The van der Waals surface area contributed by atoms with Crippen molar-refractivity contribution in [2.45, 2.75) is 44.5 Å². The molecule has 0 radical (unpaired) electrons. The number of hydrogen-bond acceptors (Lipinski definition) is 4. The van der Waals surface area contributed by atoms with Crippen LogP contribution in [0.1, 0.15) is 24.0 Å². The topological polar surface area (TPSA) is 58.6 Å². The Bertz CT molecular complexity index is 964. The van der Waals surface area contributed by atoms with Crippen molar-refractivity contribution in [3.63, 3.8) is 0 Å². The molecule has 0 aliphatic heterocycles. The summed E-state index contributed by atoms with van der Waals surface area (Å²) in [4.78, 5) is 23.7. The minimum absolute atomic E-state index is 0.0294. The Balaban J connectivity index is 0.000000437. The van der Waals surface area contributed by atoms with Crippen molar-refractivity contribution >= 4 is 11.9 Å². The number of ether oxygens (including phenoxy) is 1. The second-order valence-corrected chi connectivity index (χ2v) is 7.80. The van der Waals surface area contributed by atoms with E-state index in [1.165, 1.54) is 12.1 Å². The molecule has 5 nitrogen and oxygen atoms in total. The van der Waals surface area contributed by atoms with Crippen molar-refractivity contribution in [3.8, 4) is 0 Å². The molecule has 38 heavy (non-hydrogen) atoms. The van der Waals surface area contributed by atoms with Crippen molar-refractivity contribution in [3.05, 3.63) is 71.8 Å². The SMILES string of the molecule is FC(F)(F)CCNCc1ccccc1.O=C(OCC(F)(F)F)C(=O)N(CCC(F)(F)F)Cc1ccccc1. The Hall–Kier alpha value is -3.29. The fourth-order valence-electron chi connectivity index (χ4n) is 2.71. The van der Waals surface area contributed by atoms with Crippen LogP contribution in [0.25, 0.3) is 0 Å². The first-order chi connectivity index (χ1) is 17.6. The molecule has 0 unspecified atom stereocenters.